The van der Waals surface area contributed by atoms with Gasteiger partial charge in [-0.25, -0.2) is 4.98 Å². The lowest BCUT2D eigenvalue weighted by Gasteiger charge is -2.17. The van der Waals surface area contributed by atoms with Crippen molar-refractivity contribution in [3.05, 3.63) is 17.8 Å². The summed E-state index contributed by atoms with van der Waals surface area (Å²) in [6.07, 6.45) is -3.53. The molecule has 0 saturated carbocycles. The Kier molecular flexibility index (Phi) is 3.06. The fraction of sp³-hybridized carbons (Fsp3) is 0.444. The molecule has 0 unspecified atom stereocenters. The Morgan fingerprint density at radius 3 is 2.33 bits per heavy atom. The van der Waals surface area contributed by atoms with Crippen LogP contribution < -0.4 is 10.2 Å². The quantitative estimate of drug-likeness (QED) is 0.826. The molecule has 1 aromatic rings. The maximum Gasteiger partial charge on any atom is 0.417 e. The first-order valence-electron chi connectivity index (χ1n) is 4.28. The van der Waals surface area contributed by atoms with Crippen LogP contribution in [0, 0.1) is 0 Å². The van der Waals surface area contributed by atoms with Gasteiger partial charge in [-0.1, -0.05) is 0 Å². The van der Waals surface area contributed by atoms with Crippen LogP contribution in [0.25, 0.3) is 0 Å². The topological polar surface area (TPSA) is 28.2 Å². The molecule has 15 heavy (non-hydrogen) atoms. The summed E-state index contributed by atoms with van der Waals surface area (Å²) in [5, 5.41) is 2.69. The van der Waals surface area contributed by atoms with Crippen LogP contribution in [0.2, 0.25) is 0 Å². The minimum atomic E-state index is -4.36. The molecule has 0 atom stereocenters. The number of rotatable bonds is 2. The zero-order chi connectivity index (χ0) is 11.6. The summed E-state index contributed by atoms with van der Waals surface area (Å²) in [5.74, 6) is 0.477. The molecule has 0 radical (unpaired) electrons. The van der Waals surface area contributed by atoms with Crippen molar-refractivity contribution in [1.29, 1.82) is 0 Å². The summed E-state index contributed by atoms with van der Waals surface area (Å²) >= 11 is 0. The molecule has 0 aliphatic heterocycles. The second kappa shape index (κ2) is 3.96. The standard InChI is InChI=1S/C9H12F3N3/c1-13-7-4-6(9(10,11)12)5-14-8(7)15(2)3/h4-5,13H,1-3H3. The van der Waals surface area contributed by atoms with Gasteiger partial charge in [-0.05, 0) is 6.07 Å². The van der Waals surface area contributed by atoms with Crippen molar-refractivity contribution in [2.75, 3.05) is 31.4 Å². The SMILES string of the molecule is CNc1cc(C(F)(F)F)cnc1N(C)C. The van der Waals surface area contributed by atoms with Crippen molar-refractivity contribution in [1.82, 2.24) is 4.98 Å². The van der Waals surface area contributed by atoms with Gasteiger partial charge in [0, 0.05) is 27.3 Å². The Balaban J connectivity index is 3.19. The molecule has 1 heterocycles. The van der Waals surface area contributed by atoms with E-state index in [0.29, 0.717) is 11.5 Å². The average molecular weight is 219 g/mol. The van der Waals surface area contributed by atoms with Gasteiger partial charge in [0.2, 0.25) is 0 Å². The van der Waals surface area contributed by atoms with Gasteiger partial charge in [-0.3, -0.25) is 0 Å². The number of anilines is 2. The molecule has 1 rings (SSSR count). The number of hydrogen-bond acceptors (Lipinski definition) is 3. The summed E-state index contributed by atoms with van der Waals surface area (Å²) in [7, 11) is 5.00. The molecular weight excluding hydrogens is 207 g/mol. The van der Waals surface area contributed by atoms with Crippen molar-refractivity contribution in [3.8, 4) is 0 Å². The van der Waals surface area contributed by atoms with E-state index >= 15 is 0 Å². The largest absolute Gasteiger partial charge is 0.417 e. The lowest BCUT2D eigenvalue weighted by atomic mass is 10.2. The van der Waals surface area contributed by atoms with Crippen molar-refractivity contribution >= 4 is 11.5 Å². The molecule has 84 valence electrons. The minimum Gasteiger partial charge on any atom is -0.385 e. The third kappa shape index (κ3) is 2.51. The summed E-state index contributed by atoms with van der Waals surface area (Å²) in [6.45, 7) is 0. The van der Waals surface area contributed by atoms with E-state index in [1.165, 1.54) is 0 Å². The highest BCUT2D eigenvalue weighted by Gasteiger charge is 2.31. The van der Waals surface area contributed by atoms with E-state index in [4.69, 9.17) is 0 Å². The van der Waals surface area contributed by atoms with E-state index in [1.807, 2.05) is 0 Å². The molecule has 0 aromatic carbocycles. The molecule has 0 spiro atoms. The van der Waals surface area contributed by atoms with Crippen LogP contribution >= 0.6 is 0 Å². The second-order valence-electron chi connectivity index (χ2n) is 3.24. The highest BCUT2D eigenvalue weighted by atomic mass is 19.4. The Morgan fingerprint density at radius 2 is 1.93 bits per heavy atom. The van der Waals surface area contributed by atoms with E-state index in [2.05, 4.69) is 10.3 Å². The molecule has 0 aliphatic carbocycles. The number of alkyl halides is 3. The summed E-state index contributed by atoms with van der Waals surface area (Å²) < 4.78 is 37.1. The smallest absolute Gasteiger partial charge is 0.385 e. The molecule has 1 aromatic heterocycles. The molecule has 6 heteroatoms. The third-order valence-corrected chi connectivity index (χ3v) is 1.89. The zero-order valence-corrected chi connectivity index (χ0v) is 8.68. The highest BCUT2D eigenvalue weighted by molar-refractivity contribution is 5.65. The number of hydrogen-bond donors (Lipinski definition) is 1. The van der Waals surface area contributed by atoms with Crippen LogP contribution in [0.5, 0.6) is 0 Å². The van der Waals surface area contributed by atoms with Gasteiger partial charge in [0.1, 0.15) is 0 Å². The van der Waals surface area contributed by atoms with Gasteiger partial charge in [-0.15, -0.1) is 0 Å². The summed E-state index contributed by atoms with van der Waals surface area (Å²) in [5.41, 5.74) is -0.396. The van der Waals surface area contributed by atoms with Gasteiger partial charge in [-0.2, -0.15) is 13.2 Å². The molecule has 3 nitrogen and oxygen atoms in total. The van der Waals surface area contributed by atoms with Crippen LogP contribution in [-0.4, -0.2) is 26.1 Å². The third-order valence-electron chi connectivity index (χ3n) is 1.89. The summed E-state index contributed by atoms with van der Waals surface area (Å²) in [6, 6.07) is 1.04. The van der Waals surface area contributed by atoms with Crippen LogP contribution in [-0.2, 0) is 6.18 Å². The van der Waals surface area contributed by atoms with E-state index in [1.54, 1.807) is 26.0 Å². The minimum absolute atomic E-state index is 0.356. The molecule has 0 fully saturated rings. The van der Waals surface area contributed by atoms with Crippen molar-refractivity contribution in [2.45, 2.75) is 6.18 Å². The molecule has 1 N–H and O–H groups in total. The molecule has 0 bridgehead atoms. The number of nitrogens with zero attached hydrogens (tertiary/aromatic N) is 2. The van der Waals surface area contributed by atoms with Gasteiger partial charge < -0.3 is 10.2 Å². The maximum absolute atomic E-state index is 12.4. The predicted molar refractivity (Wildman–Crippen MR) is 53.1 cm³/mol. The van der Waals surface area contributed by atoms with Gasteiger partial charge in [0.05, 0.1) is 11.3 Å². The number of nitrogens with one attached hydrogen (secondary N) is 1. The second-order valence-corrected chi connectivity index (χ2v) is 3.24. The zero-order valence-electron chi connectivity index (χ0n) is 8.68. The number of halogens is 3. The Labute approximate surface area is 85.9 Å². The lowest BCUT2D eigenvalue weighted by Crippen LogP contribution is -2.15. The average Bonchev–Trinajstić information content (AvgIpc) is 2.15. The first-order valence-corrected chi connectivity index (χ1v) is 4.28. The molecule has 0 aliphatic rings. The van der Waals surface area contributed by atoms with Gasteiger partial charge in [0.25, 0.3) is 0 Å². The highest BCUT2D eigenvalue weighted by Crippen LogP contribution is 2.32. The lowest BCUT2D eigenvalue weighted by molar-refractivity contribution is -0.137. The van der Waals surface area contributed by atoms with E-state index in [0.717, 1.165) is 12.3 Å². The van der Waals surface area contributed by atoms with Crippen LogP contribution in [0.1, 0.15) is 5.56 Å². The number of aromatic nitrogens is 1. The predicted octanol–water partition coefficient (Wildman–Crippen LogP) is 2.21. The Morgan fingerprint density at radius 1 is 1.33 bits per heavy atom. The van der Waals surface area contributed by atoms with E-state index in [9.17, 15) is 13.2 Å². The maximum atomic E-state index is 12.4. The normalized spacial score (nSPS) is 11.3. The first kappa shape index (κ1) is 11.6. The molecule has 0 saturated heterocycles. The van der Waals surface area contributed by atoms with E-state index < -0.39 is 11.7 Å². The van der Waals surface area contributed by atoms with Crippen molar-refractivity contribution in [3.63, 3.8) is 0 Å². The molecule has 0 amide bonds. The van der Waals surface area contributed by atoms with E-state index in [-0.39, 0.29) is 0 Å². The Hall–Kier alpha value is -1.46. The Bertz CT molecular complexity index is 347. The number of pyridine rings is 1. The summed E-state index contributed by atoms with van der Waals surface area (Å²) in [4.78, 5) is 5.40. The van der Waals surface area contributed by atoms with Crippen LogP contribution in [0.4, 0.5) is 24.7 Å². The van der Waals surface area contributed by atoms with Crippen LogP contribution in [0.3, 0.4) is 0 Å². The van der Waals surface area contributed by atoms with Crippen LogP contribution in [0.15, 0.2) is 12.3 Å². The van der Waals surface area contributed by atoms with Gasteiger partial charge >= 0.3 is 6.18 Å². The van der Waals surface area contributed by atoms with Crippen molar-refractivity contribution < 1.29 is 13.2 Å². The monoisotopic (exact) mass is 219 g/mol. The fourth-order valence-corrected chi connectivity index (χ4v) is 1.15. The first-order chi connectivity index (χ1) is 6.86. The van der Waals surface area contributed by atoms with Gasteiger partial charge in [0.15, 0.2) is 5.82 Å². The van der Waals surface area contributed by atoms with Crippen molar-refractivity contribution in [2.24, 2.45) is 0 Å². The molecular formula is C9H12F3N3. The fourth-order valence-electron chi connectivity index (χ4n) is 1.15.